The Hall–Kier alpha value is -1.72. The Kier molecular flexibility index (Phi) is 4.85. The molecule has 3 heterocycles. The summed E-state index contributed by atoms with van der Waals surface area (Å²) in [7, 11) is 0. The number of hydrogen-bond acceptors (Lipinski definition) is 4. The zero-order valence-corrected chi connectivity index (χ0v) is 13.5. The Bertz CT molecular complexity index is 572. The molecule has 0 unspecified atom stereocenters. The van der Waals surface area contributed by atoms with Gasteiger partial charge in [-0.2, -0.15) is 5.10 Å². The van der Waals surface area contributed by atoms with Crippen molar-refractivity contribution in [2.75, 3.05) is 26.2 Å². The predicted octanol–water partition coefficient (Wildman–Crippen LogP) is 2.18. The lowest BCUT2D eigenvalue weighted by atomic mass is 10.1. The van der Waals surface area contributed by atoms with Gasteiger partial charge >= 0.3 is 0 Å². The van der Waals surface area contributed by atoms with E-state index < -0.39 is 0 Å². The van der Waals surface area contributed by atoms with E-state index in [1.54, 1.807) is 0 Å². The molecule has 2 aromatic heterocycles. The summed E-state index contributed by atoms with van der Waals surface area (Å²) in [6.07, 6.45) is 6.03. The smallest absolute Gasteiger partial charge is 0.0572 e. The van der Waals surface area contributed by atoms with E-state index in [0.717, 1.165) is 39.3 Å². The first-order valence-electron chi connectivity index (χ1n) is 8.15. The molecule has 5 nitrogen and oxygen atoms in total. The van der Waals surface area contributed by atoms with Crippen LogP contribution >= 0.6 is 0 Å². The number of piperazine rings is 1. The lowest BCUT2D eigenvalue weighted by Gasteiger charge is -2.37. The van der Waals surface area contributed by atoms with Gasteiger partial charge in [-0.25, -0.2) is 0 Å². The van der Waals surface area contributed by atoms with E-state index in [0.29, 0.717) is 6.04 Å². The molecule has 5 heteroatoms. The minimum atomic E-state index is 0.395. The molecule has 1 aliphatic rings. The maximum Gasteiger partial charge on any atom is 0.0572 e. The standard InChI is InChI=1S/C17H25N5/c1-3-22-14-16(12-19-22)13-20-8-10-21(11-9-20)15(2)17-6-4-5-7-18-17/h4-7,12,14-15H,3,8-11,13H2,1-2H3/t15-/m1/s1. The second kappa shape index (κ2) is 7.03. The Balaban J connectivity index is 1.52. The third-order valence-electron chi connectivity index (χ3n) is 4.49. The van der Waals surface area contributed by atoms with E-state index in [2.05, 4.69) is 52.1 Å². The van der Waals surface area contributed by atoms with Crippen LogP contribution in [0.5, 0.6) is 0 Å². The summed E-state index contributed by atoms with van der Waals surface area (Å²) in [6, 6.07) is 6.56. The quantitative estimate of drug-likeness (QED) is 0.848. The highest BCUT2D eigenvalue weighted by atomic mass is 15.3. The minimum absolute atomic E-state index is 0.395. The Labute approximate surface area is 132 Å². The summed E-state index contributed by atoms with van der Waals surface area (Å²) >= 11 is 0. The first kappa shape index (κ1) is 15.2. The molecular formula is C17H25N5. The number of hydrogen-bond donors (Lipinski definition) is 0. The maximum absolute atomic E-state index is 4.49. The van der Waals surface area contributed by atoms with Crippen LogP contribution in [0.2, 0.25) is 0 Å². The third kappa shape index (κ3) is 3.54. The number of pyridine rings is 1. The molecule has 0 radical (unpaired) electrons. The van der Waals surface area contributed by atoms with E-state index in [1.807, 2.05) is 23.1 Å². The summed E-state index contributed by atoms with van der Waals surface area (Å²) < 4.78 is 1.99. The van der Waals surface area contributed by atoms with Gasteiger partial charge in [0, 0.05) is 63.3 Å². The van der Waals surface area contributed by atoms with Gasteiger partial charge in [0.1, 0.15) is 0 Å². The number of rotatable bonds is 5. The fourth-order valence-electron chi connectivity index (χ4n) is 3.04. The van der Waals surface area contributed by atoms with Crippen LogP contribution in [0, 0.1) is 0 Å². The monoisotopic (exact) mass is 299 g/mol. The van der Waals surface area contributed by atoms with Gasteiger partial charge in [-0.15, -0.1) is 0 Å². The number of aromatic nitrogens is 3. The summed E-state index contributed by atoms with van der Waals surface area (Å²) in [6.45, 7) is 10.7. The van der Waals surface area contributed by atoms with Crippen molar-refractivity contribution in [3.63, 3.8) is 0 Å². The molecule has 0 amide bonds. The van der Waals surface area contributed by atoms with Crippen LogP contribution in [0.25, 0.3) is 0 Å². The molecule has 0 saturated carbocycles. The topological polar surface area (TPSA) is 37.2 Å². The van der Waals surface area contributed by atoms with Gasteiger partial charge < -0.3 is 0 Å². The first-order valence-corrected chi connectivity index (χ1v) is 8.15. The molecule has 0 aromatic carbocycles. The first-order chi connectivity index (χ1) is 10.8. The van der Waals surface area contributed by atoms with Crippen LogP contribution in [0.4, 0.5) is 0 Å². The van der Waals surface area contributed by atoms with Crippen LogP contribution in [0.1, 0.15) is 31.1 Å². The van der Waals surface area contributed by atoms with E-state index >= 15 is 0 Å². The van der Waals surface area contributed by atoms with Gasteiger partial charge in [-0.3, -0.25) is 19.5 Å². The fraction of sp³-hybridized carbons (Fsp3) is 0.529. The number of aryl methyl sites for hydroxylation is 1. The summed E-state index contributed by atoms with van der Waals surface area (Å²) in [4.78, 5) is 9.52. The molecular weight excluding hydrogens is 274 g/mol. The SMILES string of the molecule is CCn1cc(CN2CCN([C@H](C)c3ccccn3)CC2)cn1. The highest BCUT2D eigenvalue weighted by Crippen LogP contribution is 2.20. The van der Waals surface area contributed by atoms with Gasteiger partial charge in [-0.05, 0) is 26.0 Å². The van der Waals surface area contributed by atoms with Crippen molar-refractivity contribution in [1.82, 2.24) is 24.6 Å². The molecule has 0 aliphatic carbocycles. The fourth-order valence-corrected chi connectivity index (χ4v) is 3.04. The Morgan fingerprint density at radius 2 is 2.00 bits per heavy atom. The van der Waals surface area contributed by atoms with Crippen molar-refractivity contribution in [3.8, 4) is 0 Å². The van der Waals surface area contributed by atoms with Crippen LogP contribution in [-0.2, 0) is 13.1 Å². The maximum atomic E-state index is 4.49. The zero-order valence-electron chi connectivity index (χ0n) is 13.5. The molecule has 1 fully saturated rings. The molecule has 2 aromatic rings. The summed E-state index contributed by atoms with van der Waals surface area (Å²) in [5.74, 6) is 0. The predicted molar refractivity (Wildman–Crippen MR) is 87.4 cm³/mol. The van der Waals surface area contributed by atoms with E-state index in [4.69, 9.17) is 0 Å². The van der Waals surface area contributed by atoms with Crippen LogP contribution < -0.4 is 0 Å². The van der Waals surface area contributed by atoms with Crippen LogP contribution in [0.15, 0.2) is 36.8 Å². The molecule has 118 valence electrons. The molecule has 1 saturated heterocycles. The zero-order chi connectivity index (χ0) is 15.4. The number of nitrogens with zero attached hydrogens (tertiary/aromatic N) is 5. The van der Waals surface area contributed by atoms with Crippen LogP contribution in [-0.4, -0.2) is 50.7 Å². The van der Waals surface area contributed by atoms with Gasteiger partial charge in [0.25, 0.3) is 0 Å². The molecule has 0 bridgehead atoms. The molecule has 3 rings (SSSR count). The summed E-state index contributed by atoms with van der Waals surface area (Å²) in [5, 5.41) is 4.35. The van der Waals surface area contributed by atoms with Gasteiger partial charge in [-0.1, -0.05) is 6.07 Å². The van der Waals surface area contributed by atoms with Crippen LogP contribution in [0.3, 0.4) is 0 Å². The van der Waals surface area contributed by atoms with E-state index in [1.165, 1.54) is 11.3 Å². The lowest BCUT2D eigenvalue weighted by molar-refractivity contribution is 0.0964. The Morgan fingerprint density at radius 3 is 2.64 bits per heavy atom. The highest BCUT2D eigenvalue weighted by molar-refractivity contribution is 5.08. The molecule has 22 heavy (non-hydrogen) atoms. The minimum Gasteiger partial charge on any atom is -0.296 e. The van der Waals surface area contributed by atoms with Crippen molar-refractivity contribution in [1.29, 1.82) is 0 Å². The van der Waals surface area contributed by atoms with Crippen molar-refractivity contribution >= 4 is 0 Å². The van der Waals surface area contributed by atoms with Crippen molar-refractivity contribution in [3.05, 3.63) is 48.0 Å². The van der Waals surface area contributed by atoms with E-state index in [-0.39, 0.29) is 0 Å². The largest absolute Gasteiger partial charge is 0.296 e. The normalized spacial score (nSPS) is 18.5. The van der Waals surface area contributed by atoms with E-state index in [9.17, 15) is 0 Å². The highest BCUT2D eigenvalue weighted by Gasteiger charge is 2.22. The average molecular weight is 299 g/mol. The average Bonchev–Trinajstić information content (AvgIpc) is 3.03. The van der Waals surface area contributed by atoms with Gasteiger partial charge in [0.05, 0.1) is 11.9 Å². The third-order valence-corrected chi connectivity index (χ3v) is 4.49. The molecule has 0 spiro atoms. The van der Waals surface area contributed by atoms with Crippen molar-refractivity contribution < 1.29 is 0 Å². The van der Waals surface area contributed by atoms with Crippen molar-refractivity contribution in [2.24, 2.45) is 0 Å². The lowest BCUT2D eigenvalue weighted by Crippen LogP contribution is -2.46. The van der Waals surface area contributed by atoms with Crippen molar-refractivity contribution in [2.45, 2.75) is 33.0 Å². The molecule has 1 aliphatic heterocycles. The molecule has 1 atom stereocenters. The molecule has 0 N–H and O–H groups in total. The second-order valence-electron chi connectivity index (χ2n) is 5.95. The summed E-state index contributed by atoms with van der Waals surface area (Å²) in [5.41, 5.74) is 2.48. The Morgan fingerprint density at radius 1 is 1.18 bits per heavy atom. The second-order valence-corrected chi connectivity index (χ2v) is 5.95. The van der Waals surface area contributed by atoms with Gasteiger partial charge in [0.15, 0.2) is 0 Å². The van der Waals surface area contributed by atoms with Gasteiger partial charge in [0.2, 0.25) is 0 Å².